The van der Waals surface area contributed by atoms with E-state index >= 15 is 0 Å². The molecular weight excluding hydrogens is 294 g/mol. The van der Waals surface area contributed by atoms with E-state index in [4.69, 9.17) is 4.74 Å². The number of methoxy groups -OCH3 is 1. The van der Waals surface area contributed by atoms with Crippen molar-refractivity contribution in [1.82, 2.24) is 0 Å². The summed E-state index contributed by atoms with van der Waals surface area (Å²) in [7, 11) is 1.40. The number of halogens is 3. The van der Waals surface area contributed by atoms with Gasteiger partial charge < -0.3 is 9.84 Å². The van der Waals surface area contributed by atoms with Gasteiger partial charge in [0.05, 0.1) is 16.1 Å². The fourth-order valence-electron chi connectivity index (χ4n) is 1.74. The van der Waals surface area contributed by atoms with E-state index in [2.05, 4.69) is 15.9 Å². The van der Waals surface area contributed by atoms with Crippen molar-refractivity contribution in [2.24, 2.45) is 5.92 Å². The number of benzene rings is 1. The average molecular weight is 309 g/mol. The Morgan fingerprint density at radius 1 is 1.29 bits per heavy atom. The van der Waals surface area contributed by atoms with Gasteiger partial charge in [-0.05, 0) is 34.0 Å². The lowest BCUT2D eigenvalue weighted by Crippen LogP contribution is -2.28. The van der Waals surface area contributed by atoms with E-state index in [-0.39, 0.29) is 16.0 Å². The molecular formula is C12H15BrF2O2. The van der Waals surface area contributed by atoms with Crippen LogP contribution >= 0.6 is 15.9 Å². The molecule has 0 spiro atoms. The van der Waals surface area contributed by atoms with Gasteiger partial charge in [-0.3, -0.25) is 0 Å². The summed E-state index contributed by atoms with van der Waals surface area (Å²) >= 11 is 2.96. The Bertz CT molecular complexity index is 396. The third-order valence-corrected chi connectivity index (χ3v) is 3.23. The van der Waals surface area contributed by atoms with E-state index in [1.165, 1.54) is 13.2 Å². The summed E-state index contributed by atoms with van der Waals surface area (Å²) in [6.07, 6.45) is -1.99. The van der Waals surface area contributed by atoms with Gasteiger partial charge in [0.25, 0.3) is 0 Å². The zero-order chi connectivity index (χ0) is 13.2. The van der Waals surface area contributed by atoms with Crippen LogP contribution < -0.4 is 0 Å². The van der Waals surface area contributed by atoms with Crippen molar-refractivity contribution < 1.29 is 18.6 Å². The zero-order valence-electron chi connectivity index (χ0n) is 9.88. The van der Waals surface area contributed by atoms with Gasteiger partial charge in [-0.2, -0.15) is 0 Å². The molecule has 5 heteroatoms. The first-order chi connectivity index (χ1) is 7.90. The van der Waals surface area contributed by atoms with Crippen LogP contribution in [0.4, 0.5) is 8.78 Å². The van der Waals surface area contributed by atoms with Gasteiger partial charge in [0.2, 0.25) is 0 Å². The molecule has 0 aliphatic rings. The third kappa shape index (κ3) is 3.03. The molecule has 1 rings (SSSR count). The second-order valence-corrected chi connectivity index (χ2v) is 5.00. The van der Waals surface area contributed by atoms with Gasteiger partial charge in [0.1, 0.15) is 17.7 Å². The standard InChI is InChI=1S/C12H15BrF2O2/c1-6(2)12(17-3)11(16)9-8(14)5-4-7(13)10(9)15/h4-6,11-12,16H,1-3H3. The quantitative estimate of drug-likeness (QED) is 0.864. The van der Waals surface area contributed by atoms with Crippen molar-refractivity contribution in [1.29, 1.82) is 0 Å². The van der Waals surface area contributed by atoms with Gasteiger partial charge in [-0.25, -0.2) is 8.78 Å². The Morgan fingerprint density at radius 3 is 2.35 bits per heavy atom. The van der Waals surface area contributed by atoms with Crippen LogP contribution in [0.2, 0.25) is 0 Å². The second-order valence-electron chi connectivity index (χ2n) is 4.15. The summed E-state index contributed by atoms with van der Waals surface area (Å²) in [5.74, 6) is -1.63. The summed E-state index contributed by atoms with van der Waals surface area (Å²) in [5.41, 5.74) is -0.361. The van der Waals surface area contributed by atoms with Crippen molar-refractivity contribution in [3.05, 3.63) is 33.8 Å². The number of aliphatic hydroxyl groups is 1. The second kappa shape index (κ2) is 5.89. The van der Waals surface area contributed by atoms with E-state index in [9.17, 15) is 13.9 Å². The molecule has 0 saturated heterocycles. The summed E-state index contributed by atoms with van der Waals surface area (Å²) in [6.45, 7) is 3.62. The Kier molecular flexibility index (Phi) is 5.04. The lowest BCUT2D eigenvalue weighted by molar-refractivity contribution is -0.0420. The number of aliphatic hydroxyl groups excluding tert-OH is 1. The number of hydrogen-bond acceptors (Lipinski definition) is 2. The first-order valence-corrected chi connectivity index (χ1v) is 6.03. The van der Waals surface area contributed by atoms with Crippen molar-refractivity contribution in [3.8, 4) is 0 Å². The van der Waals surface area contributed by atoms with Gasteiger partial charge in [-0.1, -0.05) is 13.8 Å². The van der Waals surface area contributed by atoms with Gasteiger partial charge in [-0.15, -0.1) is 0 Å². The van der Waals surface area contributed by atoms with Crippen LogP contribution in [0.1, 0.15) is 25.5 Å². The molecule has 0 aliphatic heterocycles. The number of rotatable bonds is 4. The summed E-state index contributed by atoms with van der Waals surface area (Å²) in [6, 6.07) is 2.37. The molecule has 2 unspecified atom stereocenters. The van der Waals surface area contributed by atoms with Crippen molar-refractivity contribution >= 4 is 15.9 Å². The maximum Gasteiger partial charge on any atom is 0.146 e. The molecule has 0 aliphatic carbocycles. The monoisotopic (exact) mass is 308 g/mol. The maximum absolute atomic E-state index is 13.8. The van der Waals surface area contributed by atoms with E-state index in [1.54, 1.807) is 0 Å². The minimum absolute atomic E-state index is 0.0622. The van der Waals surface area contributed by atoms with Crippen molar-refractivity contribution in [3.63, 3.8) is 0 Å². The lowest BCUT2D eigenvalue weighted by Gasteiger charge is -2.26. The highest BCUT2D eigenvalue weighted by Gasteiger charge is 2.29. The Balaban J connectivity index is 3.19. The smallest absolute Gasteiger partial charge is 0.146 e. The minimum atomic E-state index is -1.34. The zero-order valence-corrected chi connectivity index (χ0v) is 11.5. The van der Waals surface area contributed by atoms with Crippen LogP contribution in [0.3, 0.4) is 0 Å². The summed E-state index contributed by atoms with van der Waals surface area (Å²) in [4.78, 5) is 0. The lowest BCUT2D eigenvalue weighted by atomic mass is 9.95. The van der Waals surface area contributed by atoms with E-state index in [0.29, 0.717) is 0 Å². The average Bonchev–Trinajstić information content (AvgIpc) is 2.24. The minimum Gasteiger partial charge on any atom is -0.385 e. The largest absolute Gasteiger partial charge is 0.385 e. The predicted molar refractivity (Wildman–Crippen MR) is 64.7 cm³/mol. The molecule has 1 aromatic carbocycles. The third-order valence-electron chi connectivity index (χ3n) is 2.62. The molecule has 0 aromatic heterocycles. The topological polar surface area (TPSA) is 29.5 Å². The summed E-state index contributed by atoms with van der Waals surface area (Å²) < 4.78 is 32.5. The fourth-order valence-corrected chi connectivity index (χ4v) is 2.09. The molecule has 0 radical (unpaired) electrons. The van der Waals surface area contributed by atoms with E-state index < -0.39 is 23.8 Å². The van der Waals surface area contributed by atoms with Gasteiger partial charge in [0, 0.05) is 7.11 Å². The Labute approximate surface area is 108 Å². The molecule has 1 aromatic rings. The Hall–Kier alpha value is -0.520. The van der Waals surface area contributed by atoms with E-state index in [0.717, 1.165) is 6.07 Å². The van der Waals surface area contributed by atoms with Crippen molar-refractivity contribution in [2.45, 2.75) is 26.1 Å². The molecule has 0 amide bonds. The highest BCUT2D eigenvalue weighted by molar-refractivity contribution is 9.10. The Morgan fingerprint density at radius 2 is 1.88 bits per heavy atom. The number of ether oxygens (including phenoxy) is 1. The molecule has 96 valence electrons. The van der Waals surface area contributed by atoms with Crippen LogP contribution in [0, 0.1) is 17.6 Å². The molecule has 0 fully saturated rings. The van der Waals surface area contributed by atoms with Crippen LogP contribution in [0.5, 0.6) is 0 Å². The van der Waals surface area contributed by atoms with Crippen LogP contribution in [-0.2, 0) is 4.74 Å². The SMILES string of the molecule is COC(C(C)C)C(O)c1c(F)ccc(Br)c1F. The molecule has 0 heterocycles. The normalized spacial score (nSPS) is 15.1. The number of hydrogen-bond donors (Lipinski definition) is 1. The highest BCUT2D eigenvalue weighted by atomic mass is 79.9. The molecule has 0 bridgehead atoms. The molecule has 0 saturated carbocycles. The highest BCUT2D eigenvalue weighted by Crippen LogP contribution is 2.31. The molecule has 1 N–H and O–H groups in total. The molecule has 17 heavy (non-hydrogen) atoms. The van der Waals surface area contributed by atoms with E-state index in [1.807, 2.05) is 13.8 Å². The van der Waals surface area contributed by atoms with Gasteiger partial charge >= 0.3 is 0 Å². The summed E-state index contributed by atoms with van der Waals surface area (Å²) in [5, 5.41) is 10.0. The van der Waals surface area contributed by atoms with Crippen LogP contribution in [-0.4, -0.2) is 18.3 Å². The first kappa shape index (κ1) is 14.5. The van der Waals surface area contributed by atoms with Crippen LogP contribution in [0.15, 0.2) is 16.6 Å². The van der Waals surface area contributed by atoms with Gasteiger partial charge in [0.15, 0.2) is 0 Å². The fraction of sp³-hybridized carbons (Fsp3) is 0.500. The maximum atomic E-state index is 13.8. The van der Waals surface area contributed by atoms with Crippen molar-refractivity contribution in [2.75, 3.05) is 7.11 Å². The molecule has 2 nitrogen and oxygen atoms in total. The first-order valence-electron chi connectivity index (χ1n) is 5.24. The molecule has 2 atom stereocenters. The van der Waals surface area contributed by atoms with Crippen LogP contribution in [0.25, 0.3) is 0 Å². The predicted octanol–water partition coefficient (Wildman–Crippen LogP) is 3.43.